The van der Waals surface area contributed by atoms with Crippen LogP contribution in [0.1, 0.15) is 40.2 Å². The summed E-state index contributed by atoms with van der Waals surface area (Å²) in [5.41, 5.74) is 2.80. The Morgan fingerprint density at radius 1 is 0.500 bits per heavy atom. The van der Waals surface area contributed by atoms with Crippen LogP contribution >= 0.6 is 17.0 Å². The average Bonchev–Trinajstić information content (AvgIpc) is 3.04. The van der Waals surface area contributed by atoms with Crippen molar-refractivity contribution in [2.75, 3.05) is 0 Å². The van der Waals surface area contributed by atoms with Crippen LogP contribution in [0.4, 0.5) is 11.4 Å². The van der Waals surface area contributed by atoms with E-state index in [4.69, 9.17) is 17.0 Å². The van der Waals surface area contributed by atoms with E-state index in [1.807, 2.05) is 91.0 Å². The first-order valence-electron chi connectivity index (χ1n) is 11.0. The third kappa shape index (κ3) is 9.06. The van der Waals surface area contributed by atoms with Crippen molar-refractivity contribution < 1.29 is 20.8 Å². The van der Waals surface area contributed by atoms with Gasteiger partial charge in [0, 0.05) is 5.56 Å². The molecule has 1 aliphatic rings. The molecule has 0 spiro atoms. The fourth-order valence-corrected chi connectivity index (χ4v) is 3.40. The normalized spacial score (nSPS) is 15.1. The minimum Gasteiger partial charge on any atom is -0.246 e. The average molecular weight is 569 g/mol. The largest absolute Gasteiger partial charge is 0.246 e. The Hall–Kier alpha value is -1.28. The van der Waals surface area contributed by atoms with Gasteiger partial charge in [-0.3, -0.25) is 0 Å². The van der Waals surface area contributed by atoms with Crippen LogP contribution in [0.25, 0.3) is 0 Å². The smallest absolute Gasteiger partial charge is 0.226 e. The summed E-state index contributed by atoms with van der Waals surface area (Å²) in [4.78, 5) is 0. The van der Waals surface area contributed by atoms with Gasteiger partial charge in [0.15, 0.2) is 0 Å². The summed E-state index contributed by atoms with van der Waals surface area (Å²) in [5.74, 6) is 7.34. The Morgan fingerprint density at radius 2 is 0.765 bits per heavy atom. The van der Waals surface area contributed by atoms with Crippen LogP contribution in [0.15, 0.2) is 91.0 Å². The van der Waals surface area contributed by atoms with Crippen molar-refractivity contribution in [2.24, 2.45) is 0 Å². The SMILES string of the molecule is C[C]1[C](C)[C](C)[C](C)[C]1C.[Cl][Zr+2][Cl].c1ccc([N][C]([N]c2ccccc2)c2ccccc2)cc1. The van der Waals surface area contributed by atoms with Gasteiger partial charge in [-0.05, 0) is 53.9 Å². The van der Waals surface area contributed by atoms with Gasteiger partial charge in [0.1, 0.15) is 0 Å². The molecule has 0 atom stereocenters. The summed E-state index contributed by atoms with van der Waals surface area (Å²) in [6, 6.07) is 29.8. The molecule has 172 valence electrons. The Morgan fingerprint density at radius 3 is 1.06 bits per heavy atom. The molecule has 0 saturated heterocycles. The molecule has 5 heteroatoms. The third-order valence-electron chi connectivity index (χ3n) is 5.83. The molecule has 0 heterocycles. The van der Waals surface area contributed by atoms with E-state index in [1.165, 1.54) is 29.6 Å². The fourth-order valence-electron chi connectivity index (χ4n) is 3.40. The van der Waals surface area contributed by atoms with E-state index in [0.29, 0.717) is 6.17 Å². The van der Waals surface area contributed by atoms with E-state index in [-0.39, 0.29) is 0 Å². The standard InChI is InChI=1S/C19H15N2.C10H15.2ClH.Zr/c1-4-10-16(11-5-1)19(20-17-12-6-2-7-13-17)21-18-14-8-3-9-15-18;1-6-7(2)9(4)10(5)8(6)3;;;/h1-15H;1-5H3;2*1H;/q;;;;+4/p-2. The van der Waals surface area contributed by atoms with Gasteiger partial charge < -0.3 is 0 Å². The summed E-state index contributed by atoms with van der Waals surface area (Å²) in [7, 11) is 9.87. The maximum atomic E-state index is 4.93. The molecule has 0 aromatic heterocycles. The number of para-hydroxylation sites is 2. The van der Waals surface area contributed by atoms with E-state index in [2.05, 4.69) is 45.3 Å². The summed E-state index contributed by atoms with van der Waals surface area (Å²) >= 11 is -0.826. The molecule has 0 N–H and O–H groups in total. The molecule has 8 radical (unpaired) electrons. The van der Waals surface area contributed by atoms with Crippen LogP contribution in [0.2, 0.25) is 0 Å². The predicted octanol–water partition coefficient (Wildman–Crippen LogP) is 8.74. The van der Waals surface area contributed by atoms with E-state index in [0.717, 1.165) is 16.9 Å². The summed E-state index contributed by atoms with van der Waals surface area (Å²) in [6.07, 6.45) is 0.716. The number of benzene rings is 3. The topological polar surface area (TPSA) is 28.2 Å². The van der Waals surface area contributed by atoms with E-state index < -0.39 is 20.8 Å². The molecule has 3 aromatic rings. The minimum absolute atomic E-state index is 0.716. The van der Waals surface area contributed by atoms with Crippen molar-refractivity contribution in [2.45, 2.75) is 34.6 Å². The molecular weight excluding hydrogens is 538 g/mol. The van der Waals surface area contributed by atoms with Gasteiger partial charge in [0.25, 0.3) is 0 Å². The molecule has 4 rings (SSSR count). The molecular formula is C29H30Cl2N2Zr+2. The van der Waals surface area contributed by atoms with Crippen molar-refractivity contribution in [1.29, 1.82) is 0 Å². The molecule has 34 heavy (non-hydrogen) atoms. The van der Waals surface area contributed by atoms with Gasteiger partial charge in [-0.1, -0.05) is 101 Å². The van der Waals surface area contributed by atoms with Gasteiger partial charge in [-0.15, -0.1) is 0 Å². The van der Waals surface area contributed by atoms with Gasteiger partial charge in [-0.25, -0.2) is 10.6 Å². The Labute approximate surface area is 225 Å². The van der Waals surface area contributed by atoms with Crippen molar-refractivity contribution >= 4 is 28.4 Å². The summed E-state index contributed by atoms with van der Waals surface area (Å²) in [5, 5.41) is 9.35. The predicted molar refractivity (Wildman–Crippen MR) is 142 cm³/mol. The first-order chi connectivity index (χ1) is 16.4. The fraction of sp³-hybridized carbons (Fsp3) is 0.172. The van der Waals surface area contributed by atoms with Crippen molar-refractivity contribution in [3.05, 3.63) is 132 Å². The quantitative estimate of drug-likeness (QED) is 0.294. The van der Waals surface area contributed by atoms with Crippen LogP contribution in [-0.4, -0.2) is 0 Å². The Balaban J connectivity index is 0.000000263. The van der Waals surface area contributed by atoms with E-state index in [9.17, 15) is 0 Å². The molecule has 1 aliphatic carbocycles. The zero-order valence-corrected chi connectivity index (χ0v) is 24.3. The second-order valence-electron chi connectivity index (χ2n) is 7.78. The zero-order valence-electron chi connectivity index (χ0n) is 20.3. The molecule has 0 amide bonds. The number of halogens is 2. The second-order valence-corrected chi connectivity index (χ2v) is 11.5. The van der Waals surface area contributed by atoms with Crippen LogP contribution < -0.4 is 10.6 Å². The van der Waals surface area contributed by atoms with Crippen molar-refractivity contribution in [3.63, 3.8) is 0 Å². The molecule has 1 saturated carbocycles. The molecule has 0 bridgehead atoms. The molecule has 0 aliphatic heterocycles. The van der Waals surface area contributed by atoms with Crippen molar-refractivity contribution in [1.82, 2.24) is 10.6 Å². The van der Waals surface area contributed by atoms with Crippen molar-refractivity contribution in [3.8, 4) is 0 Å². The number of nitrogens with zero attached hydrogens (tertiary/aromatic N) is 2. The first kappa shape index (κ1) is 29.0. The molecule has 3 aromatic carbocycles. The maximum absolute atomic E-state index is 4.93. The van der Waals surface area contributed by atoms with E-state index >= 15 is 0 Å². The van der Waals surface area contributed by atoms with Crippen LogP contribution in [0.5, 0.6) is 0 Å². The van der Waals surface area contributed by atoms with Crippen LogP contribution in [0.3, 0.4) is 0 Å². The zero-order chi connectivity index (χ0) is 24.9. The number of hydrogen-bond donors (Lipinski definition) is 0. The van der Waals surface area contributed by atoms with Crippen LogP contribution in [-0.2, 0) is 20.8 Å². The summed E-state index contributed by atoms with van der Waals surface area (Å²) in [6.45, 7) is 11.0. The molecule has 1 fully saturated rings. The summed E-state index contributed by atoms with van der Waals surface area (Å²) < 4.78 is 0. The Kier molecular flexibility index (Phi) is 13.3. The third-order valence-corrected chi connectivity index (χ3v) is 5.83. The number of rotatable bonds is 5. The van der Waals surface area contributed by atoms with Gasteiger partial charge in [0.2, 0.25) is 6.17 Å². The van der Waals surface area contributed by atoms with Crippen LogP contribution in [0, 0.1) is 35.8 Å². The van der Waals surface area contributed by atoms with Gasteiger partial charge in [-0.2, -0.15) is 0 Å². The maximum Gasteiger partial charge on any atom is 0.226 e. The van der Waals surface area contributed by atoms with E-state index in [1.54, 1.807) is 0 Å². The molecule has 0 unspecified atom stereocenters. The monoisotopic (exact) mass is 566 g/mol. The minimum atomic E-state index is -0.826. The second kappa shape index (κ2) is 15.7. The van der Waals surface area contributed by atoms with Gasteiger partial charge >= 0.3 is 37.9 Å². The Bertz CT molecular complexity index is 825. The first-order valence-corrected chi connectivity index (χ1v) is 17.3. The molecule has 2 nitrogen and oxygen atoms in total. The number of hydrogen-bond acceptors (Lipinski definition) is 0. The van der Waals surface area contributed by atoms with Gasteiger partial charge in [0.05, 0.1) is 11.4 Å².